The molecule has 276 valence electrons. The van der Waals surface area contributed by atoms with Crippen LogP contribution in [0.4, 0.5) is 0 Å². The lowest BCUT2D eigenvalue weighted by Gasteiger charge is -2.25. The number of carbonyl (C=O) groups is 1. The molecule has 0 saturated carbocycles. The molecule has 2 heterocycles. The predicted molar refractivity (Wildman–Crippen MR) is 198 cm³/mol. The van der Waals surface area contributed by atoms with E-state index in [1.165, 1.54) is 13.1 Å². The first kappa shape index (κ1) is 39.0. The fourth-order valence-electron chi connectivity index (χ4n) is 6.00. The van der Waals surface area contributed by atoms with Gasteiger partial charge in [0, 0.05) is 61.3 Å². The molecule has 0 amide bonds. The molecular formula is C40H42ClN5O7. The summed E-state index contributed by atoms with van der Waals surface area (Å²) in [6, 6.07) is 20.6. The summed E-state index contributed by atoms with van der Waals surface area (Å²) < 4.78 is 18.5. The number of β-amino-alcohol motifs (C(OH)–C–C–N with tert-alkyl or cyclic N) is 1. The van der Waals surface area contributed by atoms with Gasteiger partial charge in [-0.3, -0.25) is 15.1 Å². The number of likely N-dealkylation sites (tertiary alicyclic amines) is 1. The number of carboxylic acids is 1. The Morgan fingerprint density at radius 3 is 2.51 bits per heavy atom. The SMILES string of the molecule is Cc1c(COc2cc(OCc3cncc(C#N)c3)c(CN[C@@](C)(CO)C(=O)O)cc2Cl)cccc1-c1cccc(OCCCN2CC[C@H](O)C2)c1C#N. The van der Waals surface area contributed by atoms with E-state index in [4.69, 9.17) is 25.8 Å². The van der Waals surface area contributed by atoms with E-state index >= 15 is 0 Å². The van der Waals surface area contributed by atoms with E-state index in [2.05, 4.69) is 27.3 Å². The molecule has 1 saturated heterocycles. The molecule has 1 aromatic heterocycles. The van der Waals surface area contributed by atoms with Crippen LogP contribution in [-0.2, 0) is 24.6 Å². The first-order valence-corrected chi connectivity index (χ1v) is 17.6. The van der Waals surface area contributed by atoms with Crippen molar-refractivity contribution >= 4 is 17.6 Å². The molecule has 2 atom stereocenters. The van der Waals surface area contributed by atoms with Gasteiger partial charge in [-0.25, -0.2) is 0 Å². The maximum atomic E-state index is 11.8. The smallest absolute Gasteiger partial charge is 0.326 e. The predicted octanol–water partition coefficient (Wildman–Crippen LogP) is 5.37. The van der Waals surface area contributed by atoms with Crippen molar-refractivity contribution in [1.29, 1.82) is 10.5 Å². The van der Waals surface area contributed by atoms with Gasteiger partial charge in [0.15, 0.2) is 0 Å². The lowest BCUT2D eigenvalue weighted by atomic mass is 9.93. The summed E-state index contributed by atoms with van der Waals surface area (Å²) in [5.41, 5.74) is 3.73. The Hall–Kier alpha value is -5.21. The molecule has 4 aromatic rings. The summed E-state index contributed by atoms with van der Waals surface area (Å²) in [5, 5.41) is 51.8. The lowest BCUT2D eigenvalue weighted by molar-refractivity contribution is -0.145. The largest absolute Gasteiger partial charge is 0.492 e. The molecule has 3 aromatic carbocycles. The van der Waals surface area contributed by atoms with Crippen LogP contribution in [0.2, 0.25) is 5.02 Å². The van der Waals surface area contributed by atoms with Gasteiger partial charge in [0.25, 0.3) is 0 Å². The summed E-state index contributed by atoms with van der Waals surface area (Å²) in [5.74, 6) is -0.0382. The average Bonchev–Trinajstić information content (AvgIpc) is 3.59. The number of carboxylic acid groups (broad SMARTS) is 1. The third-order valence-corrected chi connectivity index (χ3v) is 9.57. The van der Waals surface area contributed by atoms with Gasteiger partial charge in [0.05, 0.1) is 29.9 Å². The van der Waals surface area contributed by atoms with E-state index in [0.29, 0.717) is 52.7 Å². The van der Waals surface area contributed by atoms with Gasteiger partial charge < -0.3 is 34.4 Å². The Kier molecular flexibility index (Phi) is 13.3. The molecule has 5 rings (SSSR count). The van der Waals surface area contributed by atoms with Crippen molar-refractivity contribution in [2.24, 2.45) is 0 Å². The Morgan fingerprint density at radius 2 is 1.79 bits per heavy atom. The summed E-state index contributed by atoms with van der Waals surface area (Å²) >= 11 is 6.71. The van der Waals surface area contributed by atoms with Gasteiger partial charge in [0.2, 0.25) is 0 Å². The van der Waals surface area contributed by atoms with Crippen molar-refractivity contribution in [2.75, 3.05) is 32.8 Å². The molecule has 0 radical (unpaired) electrons. The van der Waals surface area contributed by atoms with E-state index < -0.39 is 18.1 Å². The topological polar surface area (TPSA) is 181 Å². The van der Waals surface area contributed by atoms with Crippen LogP contribution in [0.3, 0.4) is 0 Å². The average molecular weight is 740 g/mol. The quantitative estimate of drug-likeness (QED) is 0.102. The monoisotopic (exact) mass is 739 g/mol. The van der Waals surface area contributed by atoms with Crippen LogP contribution >= 0.6 is 11.6 Å². The molecule has 0 aliphatic carbocycles. The Morgan fingerprint density at radius 1 is 1.02 bits per heavy atom. The molecular weight excluding hydrogens is 698 g/mol. The number of aliphatic hydroxyl groups excluding tert-OH is 2. The number of ether oxygens (including phenoxy) is 3. The van der Waals surface area contributed by atoms with Gasteiger partial charge in [-0.2, -0.15) is 10.5 Å². The van der Waals surface area contributed by atoms with Crippen molar-refractivity contribution in [3.8, 4) is 40.5 Å². The van der Waals surface area contributed by atoms with Gasteiger partial charge in [-0.05, 0) is 61.6 Å². The van der Waals surface area contributed by atoms with E-state index in [1.54, 1.807) is 30.5 Å². The zero-order valence-corrected chi connectivity index (χ0v) is 30.4. The van der Waals surface area contributed by atoms with E-state index in [-0.39, 0.29) is 30.9 Å². The summed E-state index contributed by atoms with van der Waals surface area (Å²) in [7, 11) is 0. The molecule has 4 N–H and O–H groups in total. The zero-order valence-electron chi connectivity index (χ0n) is 29.6. The maximum absolute atomic E-state index is 11.8. The number of nitriles is 2. The normalized spacial score (nSPS) is 15.3. The zero-order chi connectivity index (χ0) is 38.0. The lowest BCUT2D eigenvalue weighted by Crippen LogP contribution is -2.52. The fourth-order valence-corrected chi connectivity index (χ4v) is 6.24. The van der Waals surface area contributed by atoms with Crippen LogP contribution in [-0.4, -0.2) is 75.7 Å². The van der Waals surface area contributed by atoms with Crippen molar-refractivity contribution in [3.63, 3.8) is 0 Å². The second-order valence-electron chi connectivity index (χ2n) is 13.1. The third kappa shape index (κ3) is 9.82. The van der Waals surface area contributed by atoms with Crippen LogP contribution in [0.15, 0.2) is 67.0 Å². The van der Waals surface area contributed by atoms with Crippen LogP contribution in [0, 0.1) is 29.6 Å². The Labute approximate surface area is 313 Å². The minimum absolute atomic E-state index is 0.00289. The number of aromatic nitrogens is 1. The number of nitrogens with one attached hydrogen (secondary N) is 1. The minimum atomic E-state index is -1.61. The van der Waals surface area contributed by atoms with Crippen molar-refractivity contribution in [1.82, 2.24) is 15.2 Å². The molecule has 0 spiro atoms. The molecule has 1 aliphatic heterocycles. The van der Waals surface area contributed by atoms with Crippen molar-refractivity contribution in [2.45, 2.75) is 58.1 Å². The number of benzene rings is 3. The third-order valence-electron chi connectivity index (χ3n) is 9.27. The van der Waals surface area contributed by atoms with E-state index in [0.717, 1.165) is 48.2 Å². The van der Waals surface area contributed by atoms with Gasteiger partial charge in [0.1, 0.15) is 53.7 Å². The van der Waals surface area contributed by atoms with Crippen LogP contribution < -0.4 is 19.5 Å². The van der Waals surface area contributed by atoms with E-state index in [9.17, 15) is 30.6 Å². The Balaban J connectivity index is 1.34. The molecule has 0 bridgehead atoms. The fraction of sp³-hybridized carbons (Fsp3) is 0.350. The summed E-state index contributed by atoms with van der Waals surface area (Å²) in [4.78, 5) is 18.1. The second-order valence-corrected chi connectivity index (χ2v) is 13.5. The number of aliphatic carboxylic acids is 1. The van der Waals surface area contributed by atoms with Gasteiger partial charge in [-0.15, -0.1) is 0 Å². The first-order valence-electron chi connectivity index (χ1n) is 17.2. The van der Waals surface area contributed by atoms with E-state index in [1.807, 2.05) is 37.3 Å². The summed E-state index contributed by atoms with van der Waals surface area (Å²) in [6.07, 6.45) is 4.33. The molecule has 1 aliphatic rings. The molecule has 12 nitrogen and oxygen atoms in total. The molecule has 53 heavy (non-hydrogen) atoms. The molecule has 1 fully saturated rings. The van der Waals surface area contributed by atoms with Gasteiger partial charge in [-0.1, -0.05) is 41.9 Å². The van der Waals surface area contributed by atoms with Crippen LogP contribution in [0.1, 0.15) is 53.1 Å². The standard InChI is InChI=1S/C40H42ClN5O7/c1-26-29(6-3-7-32(26)33-8-4-9-36(34(33)18-43)51-13-5-11-46-12-10-31(48)22-46)24-53-38-16-37(52-23-28-14-27(17-42)19-44-20-28)30(15-35(38)41)21-45-40(2,25-47)39(49)50/h3-4,6-9,14-16,19-20,31,45,47-48H,5,10-13,21-25H2,1-2H3,(H,49,50)/t31-,40-/m0/s1. The number of nitrogens with zero attached hydrogens (tertiary/aromatic N) is 4. The van der Waals surface area contributed by atoms with Gasteiger partial charge >= 0.3 is 5.97 Å². The number of hydrogen-bond acceptors (Lipinski definition) is 11. The highest BCUT2D eigenvalue weighted by Crippen LogP contribution is 2.36. The van der Waals surface area contributed by atoms with Crippen LogP contribution in [0.25, 0.3) is 11.1 Å². The molecule has 0 unspecified atom stereocenters. The number of halogens is 1. The number of rotatable bonds is 17. The highest BCUT2D eigenvalue weighted by atomic mass is 35.5. The number of pyridine rings is 1. The summed E-state index contributed by atoms with van der Waals surface area (Å²) in [6.45, 7) is 5.70. The van der Waals surface area contributed by atoms with Crippen molar-refractivity contribution < 1.29 is 34.3 Å². The second kappa shape index (κ2) is 18.0. The van der Waals surface area contributed by atoms with Crippen LogP contribution in [0.5, 0.6) is 17.2 Å². The highest BCUT2D eigenvalue weighted by Gasteiger charge is 2.32. The first-order chi connectivity index (χ1) is 25.5. The maximum Gasteiger partial charge on any atom is 0.326 e. The number of hydrogen-bond donors (Lipinski definition) is 4. The Bertz CT molecular complexity index is 2010. The molecule has 13 heteroatoms. The minimum Gasteiger partial charge on any atom is -0.492 e. The highest BCUT2D eigenvalue weighted by molar-refractivity contribution is 6.32. The van der Waals surface area contributed by atoms with Crippen molar-refractivity contribution in [3.05, 3.63) is 105 Å². The number of aliphatic hydroxyl groups is 2.